The van der Waals surface area contributed by atoms with E-state index in [2.05, 4.69) is 10.6 Å². The van der Waals surface area contributed by atoms with Gasteiger partial charge in [0.05, 0.1) is 19.6 Å². The van der Waals surface area contributed by atoms with Crippen molar-refractivity contribution in [3.05, 3.63) is 29.8 Å². The van der Waals surface area contributed by atoms with Crippen LogP contribution in [-0.2, 0) is 30.4 Å². The number of fused-ring (bicyclic) bond motifs is 2. The van der Waals surface area contributed by atoms with Crippen LogP contribution in [-0.4, -0.2) is 102 Å². The van der Waals surface area contributed by atoms with E-state index in [1.54, 1.807) is 23.0 Å². The Bertz CT molecular complexity index is 1130. The fourth-order valence-electron chi connectivity index (χ4n) is 6.30. The molecular formula is C27H35N5O6. The Morgan fingerprint density at radius 1 is 1.08 bits per heavy atom. The van der Waals surface area contributed by atoms with E-state index in [1.807, 2.05) is 18.2 Å². The summed E-state index contributed by atoms with van der Waals surface area (Å²) in [6.45, 7) is 3.24. The van der Waals surface area contributed by atoms with Crippen molar-refractivity contribution in [2.24, 2.45) is 5.92 Å². The normalized spacial score (nSPS) is 27.4. The summed E-state index contributed by atoms with van der Waals surface area (Å²) in [6, 6.07) is 5.08. The van der Waals surface area contributed by atoms with Crippen LogP contribution in [0.4, 0.5) is 0 Å². The average molecular weight is 526 g/mol. The van der Waals surface area contributed by atoms with Gasteiger partial charge in [-0.15, -0.1) is 0 Å². The molecule has 0 aromatic heterocycles. The first-order valence-corrected chi connectivity index (χ1v) is 13.3. The molecule has 0 saturated carbocycles. The summed E-state index contributed by atoms with van der Waals surface area (Å²) in [4.78, 5) is 69.5. The van der Waals surface area contributed by atoms with Gasteiger partial charge in [0.2, 0.25) is 29.5 Å². The first kappa shape index (κ1) is 26.0. The highest BCUT2D eigenvalue weighted by Gasteiger charge is 2.52. The molecule has 4 aliphatic rings. The van der Waals surface area contributed by atoms with Crippen molar-refractivity contribution in [2.75, 3.05) is 33.3 Å². The van der Waals surface area contributed by atoms with E-state index in [0.717, 1.165) is 5.56 Å². The second-order valence-electron chi connectivity index (χ2n) is 10.7. The quantitative estimate of drug-likeness (QED) is 0.543. The molecule has 4 fully saturated rings. The monoisotopic (exact) mass is 525 g/mol. The maximum atomic E-state index is 13.7. The number of hydrogen-bond acceptors (Lipinski definition) is 6. The van der Waals surface area contributed by atoms with Crippen LogP contribution in [0.1, 0.15) is 38.2 Å². The van der Waals surface area contributed by atoms with Gasteiger partial charge >= 0.3 is 0 Å². The summed E-state index contributed by atoms with van der Waals surface area (Å²) in [5.41, 5.74) is 0.740. The van der Waals surface area contributed by atoms with Gasteiger partial charge in [-0.1, -0.05) is 18.2 Å². The van der Waals surface area contributed by atoms with Gasteiger partial charge in [-0.2, -0.15) is 0 Å². The molecule has 0 bridgehead atoms. The van der Waals surface area contributed by atoms with Crippen LogP contribution in [0.2, 0.25) is 0 Å². The van der Waals surface area contributed by atoms with Gasteiger partial charge in [0.1, 0.15) is 17.8 Å². The second-order valence-corrected chi connectivity index (χ2v) is 10.7. The number of rotatable bonds is 5. The van der Waals surface area contributed by atoms with Gasteiger partial charge in [0.15, 0.2) is 0 Å². The minimum absolute atomic E-state index is 0.0118. The van der Waals surface area contributed by atoms with Gasteiger partial charge in [0, 0.05) is 50.6 Å². The number of nitrogens with zero attached hydrogens (tertiary/aromatic N) is 3. The summed E-state index contributed by atoms with van der Waals surface area (Å²) in [5, 5.41) is 6.04. The predicted molar refractivity (Wildman–Crippen MR) is 136 cm³/mol. The second kappa shape index (κ2) is 10.6. The van der Waals surface area contributed by atoms with Gasteiger partial charge in [-0.25, -0.2) is 0 Å². The lowest BCUT2D eigenvalue weighted by molar-refractivity contribution is -0.144. The lowest BCUT2D eigenvalue weighted by atomic mass is 9.95. The van der Waals surface area contributed by atoms with Crippen LogP contribution >= 0.6 is 0 Å². The number of hydrogen-bond donors (Lipinski definition) is 2. The number of carbonyl (C=O) groups excluding carboxylic acids is 5. The molecule has 4 saturated heterocycles. The van der Waals surface area contributed by atoms with Crippen LogP contribution in [0.25, 0.3) is 0 Å². The Morgan fingerprint density at radius 3 is 2.53 bits per heavy atom. The summed E-state index contributed by atoms with van der Waals surface area (Å²) < 4.78 is 5.38. The van der Waals surface area contributed by atoms with Gasteiger partial charge in [0.25, 0.3) is 0 Å². The number of benzene rings is 1. The summed E-state index contributed by atoms with van der Waals surface area (Å²) in [7, 11) is 1.55. The third-order valence-corrected chi connectivity index (χ3v) is 8.38. The molecule has 1 aromatic carbocycles. The van der Waals surface area contributed by atoms with E-state index in [4.69, 9.17) is 4.74 Å². The molecule has 0 aliphatic carbocycles. The molecule has 4 heterocycles. The Hall–Kier alpha value is -3.63. The summed E-state index contributed by atoms with van der Waals surface area (Å²) >= 11 is 0. The van der Waals surface area contributed by atoms with Crippen molar-refractivity contribution < 1.29 is 28.7 Å². The van der Waals surface area contributed by atoms with Crippen molar-refractivity contribution in [3.8, 4) is 5.75 Å². The van der Waals surface area contributed by atoms with E-state index in [1.165, 1.54) is 11.8 Å². The molecule has 5 amide bonds. The number of nitrogens with one attached hydrogen (secondary N) is 2. The molecule has 11 nitrogen and oxygen atoms in total. The molecule has 4 atom stereocenters. The van der Waals surface area contributed by atoms with Gasteiger partial charge < -0.3 is 30.1 Å². The number of amides is 5. The highest BCUT2D eigenvalue weighted by molar-refractivity contribution is 5.97. The van der Waals surface area contributed by atoms with Crippen molar-refractivity contribution in [3.63, 3.8) is 0 Å². The third kappa shape index (κ3) is 4.93. The van der Waals surface area contributed by atoms with Crippen LogP contribution in [0.15, 0.2) is 24.3 Å². The highest BCUT2D eigenvalue weighted by Crippen LogP contribution is 2.30. The third-order valence-electron chi connectivity index (χ3n) is 8.38. The van der Waals surface area contributed by atoms with E-state index in [0.29, 0.717) is 51.1 Å². The van der Waals surface area contributed by atoms with E-state index in [-0.39, 0.29) is 54.5 Å². The summed E-state index contributed by atoms with van der Waals surface area (Å²) in [5.74, 6) is -0.356. The Morgan fingerprint density at radius 2 is 1.82 bits per heavy atom. The number of para-hydroxylation sites is 1. The Kier molecular flexibility index (Phi) is 7.27. The van der Waals surface area contributed by atoms with Crippen LogP contribution in [0.5, 0.6) is 5.75 Å². The largest absolute Gasteiger partial charge is 0.496 e. The predicted octanol–water partition coefficient (Wildman–Crippen LogP) is -0.319. The van der Waals surface area contributed by atoms with Crippen LogP contribution in [0, 0.1) is 5.92 Å². The zero-order valence-corrected chi connectivity index (χ0v) is 21.9. The fraction of sp³-hybridized carbons (Fsp3) is 0.593. The highest BCUT2D eigenvalue weighted by atomic mass is 16.5. The SMILES string of the molecule is COc1ccccc1CC(=O)N1CCC2NC(=O)C3CC(NC(=O)C4CCN(C(C)=O)CC4)CN3C(=O)C21. The van der Waals surface area contributed by atoms with E-state index in [9.17, 15) is 24.0 Å². The first-order chi connectivity index (χ1) is 18.3. The van der Waals surface area contributed by atoms with Crippen LogP contribution in [0.3, 0.4) is 0 Å². The Balaban J connectivity index is 1.24. The number of carbonyl (C=O) groups is 5. The van der Waals surface area contributed by atoms with Crippen molar-refractivity contribution in [1.29, 1.82) is 0 Å². The number of methoxy groups -OCH3 is 1. The molecule has 38 heavy (non-hydrogen) atoms. The lowest BCUT2D eigenvalue weighted by Crippen LogP contribution is -2.53. The average Bonchev–Trinajstić information content (AvgIpc) is 3.51. The molecule has 0 spiro atoms. The lowest BCUT2D eigenvalue weighted by Gasteiger charge is -2.31. The molecule has 1 aromatic rings. The van der Waals surface area contributed by atoms with Crippen molar-refractivity contribution in [2.45, 2.75) is 63.2 Å². The first-order valence-electron chi connectivity index (χ1n) is 13.3. The summed E-state index contributed by atoms with van der Waals surface area (Å²) in [6.07, 6.45) is 2.14. The molecule has 204 valence electrons. The minimum Gasteiger partial charge on any atom is -0.496 e. The number of likely N-dealkylation sites (tertiary alicyclic amines) is 2. The number of ether oxygens (including phenoxy) is 1. The standard InChI is InChI=1S/C27H35N5O6/c1-16(33)30-10-7-17(8-11-30)25(35)28-19-14-21-26(36)29-20-9-12-31(24(20)27(37)32(21)15-19)23(34)13-18-5-3-4-6-22(18)38-2/h3-6,17,19-21,24H,7-15H2,1-2H3,(H,28,35)(H,29,36). The minimum atomic E-state index is -0.767. The molecule has 4 aliphatic heterocycles. The molecule has 11 heteroatoms. The fourth-order valence-corrected chi connectivity index (χ4v) is 6.30. The molecule has 4 unspecified atom stereocenters. The zero-order valence-electron chi connectivity index (χ0n) is 21.9. The molecule has 2 N–H and O–H groups in total. The van der Waals surface area contributed by atoms with E-state index < -0.39 is 18.1 Å². The van der Waals surface area contributed by atoms with Gasteiger partial charge in [-0.05, 0) is 31.7 Å². The molecule has 0 radical (unpaired) electrons. The maximum absolute atomic E-state index is 13.7. The zero-order chi connectivity index (χ0) is 27.0. The van der Waals surface area contributed by atoms with Gasteiger partial charge in [-0.3, -0.25) is 24.0 Å². The van der Waals surface area contributed by atoms with Crippen LogP contribution < -0.4 is 15.4 Å². The Labute approximate surface area is 221 Å². The molecular weight excluding hydrogens is 490 g/mol. The van der Waals surface area contributed by atoms with Crippen molar-refractivity contribution in [1.82, 2.24) is 25.3 Å². The molecule has 5 rings (SSSR count). The van der Waals surface area contributed by atoms with E-state index >= 15 is 0 Å². The number of piperidine rings is 1. The van der Waals surface area contributed by atoms with Crippen molar-refractivity contribution >= 4 is 29.5 Å². The topological polar surface area (TPSA) is 128 Å². The maximum Gasteiger partial charge on any atom is 0.248 e. The smallest absolute Gasteiger partial charge is 0.248 e.